The molecule has 1 aromatic rings. The number of amides is 2. The topological polar surface area (TPSA) is 58.6 Å². The van der Waals surface area contributed by atoms with E-state index in [0.29, 0.717) is 13.0 Å². The summed E-state index contributed by atoms with van der Waals surface area (Å²) in [6.07, 6.45) is -0.193. The first-order valence-corrected chi connectivity index (χ1v) is 8.35. The molecule has 1 N–H and O–H groups in total. The van der Waals surface area contributed by atoms with Crippen LogP contribution in [0.25, 0.3) is 0 Å². The van der Waals surface area contributed by atoms with Gasteiger partial charge in [0, 0.05) is 24.0 Å². The van der Waals surface area contributed by atoms with Gasteiger partial charge in [-0.15, -0.1) is 0 Å². The molecular formula is C16H21BrN2O3. The number of anilines is 1. The summed E-state index contributed by atoms with van der Waals surface area (Å²) >= 11 is 3.40. The highest BCUT2D eigenvalue weighted by atomic mass is 79.9. The van der Waals surface area contributed by atoms with Gasteiger partial charge in [0.15, 0.2) is 0 Å². The largest absolute Gasteiger partial charge is 0.444 e. The fourth-order valence-electron chi connectivity index (χ4n) is 2.29. The Morgan fingerprint density at radius 3 is 2.55 bits per heavy atom. The summed E-state index contributed by atoms with van der Waals surface area (Å²) in [6, 6.07) is 7.57. The van der Waals surface area contributed by atoms with Gasteiger partial charge in [-0.1, -0.05) is 28.1 Å². The number of carbonyl (C=O) groups excluding carboxylic acids is 2. The summed E-state index contributed by atoms with van der Waals surface area (Å²) in [5.41, 5.74) is 1.46. The van der Waals surface area contributed by atoms with E-state index in [-0.39, 0.29) is 11.9 Å². The van der Waals surface area contributed by atoms with Crippen molar-refractivity contribution in [1.29, 1.82) is 0 Å². The fourth-order valence-corrected chi connectivity index (χ4v) is 2.67. The molecule has 120 valence electrons. The maximum Gasteiger partial charge on any atom is 0.407 e. The van der Waals surface area contributed by atoms with Crippen molar-refractivity contribution in [1.82, 2.24) is 5.32 Å². The zero-order chi connectivity index (χ0) is 16.3. The minimum atomic E-state index is -0.544. The summed E-state index contributed by atoms with van der Waals surface area (Å²) in [5, 5.41) is 3.54. The van der Waals surface area contributed by atoms with Crippen LogP contribution in [0.3, 0.4) is 0 Å². The monoisotopic (exact) mass is 368 g/mol. The number of halogens is 1. The maximum absolute atomic E-state index is 12.1. The maximum atomic E-state index is 12.1. The molecule has 1 aromatic carbocycles. The van der Waals surface area contributed by atoms with Crippen molar-refractivity contribution in [2.75, 3.05) is 11.4 Å². The molecule has 0 radical (unpaired) electrons. The van der Waals surface area contributed by atoms with Crippen LogP contribution in [-0.4, -0.2) is 30.2 Å². The normalized spacial score (nSPS) is 18.5. The molecule has 2 rings (SSSR count). The van der Waals surface area contributed by atoms with Gasteiger partial charge in [0.05, 0.1) is 6.04 Å². The van der Waals surface area contributed by atoms with Crippen LogP contribution in [0, 0.1) is 0 Å². The van der Waals surface area contributed by atoms with E-state index in [2.05, 4.69) is 21.2 Å². The Morgan fingerprint density at radius 1 is 1.36 bits per heavy atom. The van der Waals surface area contributed by atoms with Gasteiger partial charge < -0.3 is 15.0 Å². The minimum absolute atomic E-state index is 0.00708. The third-order valence-corrected chi connectivity index (χ3v) is 3.90. The van der Waals surface area contributed by atoms with Crippen LogP contribution in [0.2, 0.25) is 0 Å². The van der Waals surface area contributed by atoms with Crippen molar-refractivity contribution in [2.24, 2.45) is 0 Å². The fraction of sp³-hybridized carbons (Fsp3) is 0.500. The number of rotatable bonds is 3. The van der Waals surface area contributed by atoms with Crippen molar-refractivity contribution in [3.05, 3.63) is 29.8 Å². The van der Waals surface area contributed by atoms with Crippen molar-refractivity contribution in [3.63, 3.8) is 0 Å². The SMILES string of the molecule is CC(C)(C)OC(=O)N[C@@H]1CC(=O)N(c2ccc(CBr)cc2)C1. The number of nitrogens with one attached hydrogen (secondary N) is 1. The summed E-state index contributed by atoms with van der Waals surface area (Å²) in [6.45, 7) is 5.89. The van der Waals surface area contributed by atoms with Crippen LogP contribution >= 0.6 is 15.9 Å². The molecule has 1 atom stereocenters. The Kier molecular flexibility index (Phi) is 5.11. The van der Waals surface area contributed by atoms with Gasteiger partial charge in [0.2, 0.25) is 5.91 Å². The van der Waals surface area contributed by atoms with Crippen LogP contribution in [-0.2, 0) is 14.9 Å². The minimum Gasteiger partial charge on any atom is -0.444 e. The highest BCUT2D eigenvalue weighted by Gasteiger charge is 2.32. The van der Waals surface area contributed by atoms with E-state index in [9.17, 15) is 9.59 Å². The quantitative estimate of drug-likeness (QED) is 0.833. The molecule has 0 spiro atoms. The van der Waals surface area contributed by atoms with Gasteiger partial charge in [0.1, 0.15) is 5.60 Å². The van der Waals surface area contributed by atoms with E-state index in [1.165, 1.54) is 0 Å². The molecule has 22 heavy (non-hydrogen) atoms. The van der Waals surface area contributed by atoms with Crippen molar-refractivity contribution < 1.29 is 14.3 Å². The van der Waals surface area contributed by atoms with Crippen LogP contribution in [0.15, 0.2) is 24.3 Å². The highest BCUT2D eigenvalue weighted by Crippen LogP contribution is 2.23. The van der Waals surface area contributed by atoms with Gasteiger partial charge >= 0.3 is 6.09 Å². The average Bonchev–Trinajstić information content (AvgIpc) is 2.77. The van der Waals surface area contributed by atoms with Gasteiger partial charge in [-0.2, -0.15) is 0 Å². The zero-order valence-electron chi connectivity index (χ0n) is 13.1. The predicted octanol–water partition coefficient (Wildman–Crippen LogP) is 3.21. The molecule has 1 aliphatic heterocycles. The molecule has 0 bridgehead atoms. The molecule has 1 fully saturated rings. The lowest BCUT2D eigenvalue weighted by Crippen LogP contribution is -2.40. The molecule has 1 heterocycles. The lowest BCUT2D eigenvalue weighted by Gasteiger charge is -2.22. The molecule has 0 unspecified atom stereocenters. The Morgan fingerprint density at radius 2 is 2.00 bits per heavy atom. The standard InChI is InChI=1S/C16H21BrN2O3/c1-16(2,3)22-15(21)18-12-8-14(20)19(10-12)13-6-4-11(9-17)5-7-13/h4-7,12H,8-10H2,1-3H3,(H,18,21)/t12-/m1/s1. The Labute approximate surface area is 139 Å². The Hall–Kier alpha value is -1.56. The summed E-state index contributed by atoms with van der Waals surface area (Å²) in [5.74, 6) is 0.00708. The van der Waals surface area contributed by atoms with Crippen molar-refractivity contribution in [3.8, 4) is 0 Å². The molecule has 1 aliphatic rings. The number of benzene rings is 1. The highest BCUT2D eigenvalue weighted by molar-refractivity contribution is 9.08. The number of hydrogen-bond acceptors (Lipinski definition) is 3. The van der Waals surface area contributed by atoms with Gasteiger partial charge in [-0.05, 0) is 38.5 Å². The summed E-state index contributed by atoms with van der Waals surface area (Å²) in [7, 11) is 0. The van der Waals surface area contributed by atoms with Gasteiger partial charge in [-0.25, -0.2) is 4.79 Å². The lowest BCUT2D eigenvalue weighted by atomic mass is 10.2. The van der Waals surface area contributed by atoms with Crippen LogP contribution in [0.4, 0.5) is 10.5 Å². The second-order valence-corrected chi connectivity index (χ2v) is 6.91. The van der Waals surface area contributed by atoms with Crippen molar-refractivity contribution in [2.45, 2.75) is 44.2 Å². The lowest BCUT2D eigenvalue weighted by molar-refractivity contribution is -0.117. The average molecular weight is 369 g/mol. The zero-order valence-corrected chi connectivity index (χ0v) is 14.6. The first-order chi connectivity index (χ1) is 10.3. The van der Waals surface area contributed by atoms with Crippen LogP contribution in [0.1, 0.15) is 32.8 Å². The number of carbonyl (C=O) groups is 2. The second kappa shape index (κ2) is 6.69. The third-order valence-electron chi connectivity index (χ3n) is 3.25. The number of ether oxygens (including phenoxy) is 1. The van der Waals surface area contributed by atoms with Crippen LogP contribution < -0.4 is 10.2 Å². The molecule has 5 nitrogen and oxygen atoms in total. The predicted molar refractivity (Wildman–Crippen MR) is 89.2 cm³/mol. The van der Waals surface area contributed by atoms with E-state index < -0.39 is 11.7 Å². The van der Waals surface area contributed by atoms with Gasteiger partial charge in [-0.3, -0.25) is 4.79 Å². The summed E-state index contributed by atoms with van der Waals surface area (Å²) in [4.78, 5) is 25.6. The van der Waals surface area contributed by atoms with Crippen LogP contribution in [0.5, 0.6) is 0 Å². The molecule has 2 amide bonds. The second-order valence-electron chi connectivity index (χ2n) is 6.35. The molecule has 0 saturated carbocycles. The number of alkyl carbamates (subject to hydrolysis) is 1. The number of nitrogens with zero attached hydrogens (tertiary/aromatic N) is 1. The number of alkyl halides is 1. The Bertz CT molecular complexity index is 552. The molecule has 0 aromatic heterocycles. The summed E-state index contributed by atoms with van der Waals surface area (Å²) < 4.78 is 5.22. The Balaban J connectivity index is 1.97. The molecule has 1 saturated heterocycles. The molecule has 6 heteroatoms. The van der Waals surface area contributed by atoms with Gasteiger partial charge in [0.25, 0.3) is 0 Å². The smallest absolute Gasteiger partial charge is 0.407 e. The van der Waals surface area contributed by atoms with E-state index >= 15 is 0 Å². The molecule has 0 aliphatic carbocycles. The first kappa shape index (κ1) is 16.8. The van der Waals surface area contributed by atoms with E-state index in [0.717, 1.165) is 16.6 Å². The van der Waals surface area contributed by atoms with E-state index in [4.69, 9.17) is 4.74 Å². The first-order valence-electron chi connectivity index (χ1n) is 7.23. The molecular weight excluding hydrogens is 348 g/mol. The van der Waals surface area contributed by atoms with E-state index in [1.54, 1.807) is 4.90 Å². The van der Waals surface area contributed by atoms with E-state index in [1.807, 2.05) is 45.0 Å². The van der Waals surface area contributed by atoms with Crippen molar-refractivity contribution >= 4 is 33.6 Å². The third kappa shape index (κ3) is 4.47. The number of hydrogen-bond donors (Lipinski definition) is 1.